The van der Waals surface area contributed by atoms with Gasteiger partial charge in [0, 0.05) is 10.0 Å². The average molecular weight is 405 g/mol. The maximum Gasteiger partial charge on any atom is 0.251 e. The average Bonchev–Trinajstić information content (AvgIpc) is 2.61. The van der Waals surface area contributed by atoms with Crippen molar-refractivity contribution < 1.29 is 14.3 Å². The Morgan fingerprint density at radius 1 is 1.12 bits per heavy atom. The van der Waals surface area contributed by atoms with Gasteiger partial charge in [0.25, 0.3) is 5.91 Å². The molecule has 1 atom stereocenters. The Hall–Kier alpha value is -2.34. The van der Waals surface area contributed by atoms with Crippen LogP contribution >= 0.6 is 15.9 Å². The molecule has 25 heavy (non-hydrogen) atoms. The summed E-state index contributed by atoms with van der Waals surface area (Å²) in [7, 11) is 0. The molecule has 0 aliphatic heterocycles. The monoisotopic (exact) mass is 404 g/mol. The van der Waals surface area contributed by atoms with Crippen molar-refractivity contribution in [2.75, 3.05) is 13.2 Å². The van der Waals surface area contributed by atoms with Crippen LogP contribution in [-0.4, -0.2) is 25.0 Å². The number of carbonyl (C=O) groups is 2. The molecular formula is C19H21BrN2O3. The van der Waals surface area contributed by atoms with Gasteiger partial charge in [-0.1, -0.05) is 34.1 Å². The molecule has 2 aromatic carbocycles. The van der Waals surface area contributed by atoms with Crippen molar-refractivity contribution in [1.82, 2.24) is 10.6 Å². The number of benzene rings is 2. The van der Waals surface area contributed by atoms with Gasteiger partial charge in [0.05, 0.1) is 19.2 Å². The first kappa shape index (κ1) is 19.0. The molecule has 2 aromatic rings. The molecule has 0 saturated heterocycles. The van der Waals surface area contributed by atoms with Crippen molar-refractivity contribution in [2.45, 2.75) is 19.9 Å². The number of hydrogen-bond acceptors (Lipinski definition) is 3. The highest BCUT2D eigenvalue weighted by atomic mass is 79.9. The molecule has 2 rings (SSSR count). The third-order valence-corrected chi connectivity index (χ3v) is 4.31. The van der Waals surface area contributed by atoms with Crippen LogP contribution in [-0.2, 0) is 4.79 Å². The molecule has 0 bridgehead atoms. The summed E-state index contributed by atoms with van der Waals surface area (Å²) >= 11 is 3.47. The quantitative estimate of drug-likeness (QED) is 0.742. The van der Waals surface area contributed by atoms with Crippen LogP contribution in [0.5, 0.6) is 5.75 Å². The van der Waals surface area contributed by atoms with Gasteiger partial charge in [-0.2, -0.15) is 0 Å². The van der Waals surface area contributed by atoms with Gasteiger partial charge in [0.1, 0.15) is 5.75 Å². The Kier molecular flexibility index (Phi) is 7.01. The number of halogens is 1. The van der Waals surface area contributed by atoms with Crippen LogP contribution in [0.2, 0.25) is 0 Å². The Balaban J connectivity index is 1.84. The highest BCUT2D eigenvalue weighted by molar-refractivity contribution is 9.10. The van der Waals surface area contributed by atoms with Gasteiger partial charge in [0.2, 0.25) is 5.91 Å². The second-order valence-corrected chi connectivity index (χ2v) is 6.31. The van der Waals surface area contributed by atoms with Crippen molar-refractivity contribution in [3.63, 3.8) is 0 Å². The first-order chi connectivity index (χ1) is 12.0. The zero-order valence-electron chi connectivity index (χ0n) is 14.2. The maximum atomic E-state index is 12.1. The van der Waals surface area contributed by atoms with E-state index >= 15 is 0 Å². The van der Waals surface area contributed by atoms with Gasteiger partial charge >= 0.3 is 0 Å². The van der Waals surface area contributed by atoms with Crippen LogP contribution in [0.15, 0.2) is 53.0 Å². The fraction of sp³-hybridized carbons (Fsp3) is 0.263. The van der Waals surface area contributed by atoms with Crippen LogP contribution in [0.3, 0.4) is 0 Å². The summed E-state index contributed by atoms with van der Waals surface area (Å²) in [4.78, 5) is 24.1. The summed E-state index contributed by atoms with van der Waals surface area (Å²) in [5.41, 5.74) is 1.46. The van der Waals surface area contributed by atoms with Crippen LogP contribution < -0.4 is 15.4 Å². The molecule has 132 valence electrons. The summed E-state index contributed by atoms with van der Waals surface area (Å²) in [5.74, 6) is 0.160. The summed E-state index contributed by atoms with van der Waals surface area (Å²) in [5, 5.41) is 5.48. The van der Waals surface area contributed by atoms with Gasteiger partial charge in [-0.25, -0.2) is 0 Å². The number of rotatable bonds is 7. The predicted octanol–water partition coefficient (Wildman–Crippen LogP) is 3.46. The second-order valence-electron chi connectivity index (χ2n) is 5.45. The summed E-state index contributed by atoms with van der Waals surface area (Å²) < 4.78 is 6.27. The van der Waals surface area contributed by atoms with Crippen molar-refractivity contribution in [1.29, 1.82) is 0 Å². The van der Waals surface area contributed by atoms with E-state index < -0.39 is 0 Å². The van der Waals surface area contributed by atoms with Crippen LogP contribution in [0, 0.1) is 0 Å². The minimum absolute atomic E-state index is 0.0825. The van der Waals surface area contributed by atoms with E-state index in [0.717, 1.165) is 10.0 Å². The molecule has 0 aromatic heterocycles. The summed E-state index contributed by atoms with van der Waals surface area (Å²) in [6.07, 6.45) is 0. The lowest BCUT2D eigenvalue weighted by molar-refractivity contribution is -0.120. The predicted molar refractivity (Wildman–Crippen MR) is 101 cm³/mol. The minimum Gasteiger partial charge on any atom is -0.494 e. The number of amides is 2. The number of nitrogens with one attached hydrogen (secondary N) is 2. The zero-order chi connectivity index (χ0) is 18.2. The molecule has 2 N–H and O–H groups in total. The topological polar surface area (TPSA) is 67.4 Å². The maximum absolute atomic E-state index is 12.1. The fourth-order valence-corrected chi connectivity index (χ4v) is 2.96. The van der Waals surface area contributed by atoms with E-state index in [1.807, 2.05) is 38.1 Å². The lowest BCUT2D eigenvalue weighted by Gasteiger charge is -2.16. The Bertz CT molecular complexity index is 732. The first-order valence-electron chi connectivity index (χ1n) is 8.06. The van der Waals surface area contributed by atoms with Crippen molar-refractivity contribution in [3.05, 3.63) is 64.1 Å². The smallest absolute Gasteiger partial charge is 0.251 e. The van der Waals surface area contributed by atoms with E-state index in [1.54, 1.807) is 24.3 Å². The van der Waals surface area contributed by atoms with Crippen LogP contribution in [0.1, 0.15) is 35.8 Å². The van der Waals surface area contributed by atoms with Gasteiger partial charge in [-0.05, 0) is 49.7 Å². The molecule has 0 heterocycles. The fourth-order valence-electron chi connectivity index (χ4n) is 2.33. The SMILES string of the molecule is CCOc1ccc(C(=O)NCC(=O)NC(C)c2ccccc2Br)cc1. The van der Waals surface area contributed by atoms with E-state index in [1.165, 1.54) is 0 Å². The van der Waals surface area contributed by atoms with Crippen molar-refractivity contribution in [3.8, 4) is 5.75 Å². The lowest BCUT2D eigenvalue weighted by atomic mass is 10.1. The summed E-state index contributed by atoms with van der Waals surface area (Å²) in [6, 6.07) is 14.3. The highest BCUT2D eigenvalue weighted by Crippen LogP contribution is 2.22. The van der Waals surface area contributed by atoms with Crippen LogP contribution in [0.4, 0.5) is 0 Å². The third kappa shape index (κ3) is 5.60. The van der Waals surface area contributed by atoms with E-state index in [9.17, 15) is 9.59 Å². The van der Waals surface area contributed by atoms with Crippen molar-refractivity contribution >= 4 is 27.7 Å². The van der Waals surface area contributed by atoms with Crippen LogP contribution in [0.25, 0.3) is 0 Å². The molecule has 2 amide bonds. The van der Waals surface area contributed by atoms with E-state index in [2.05, 4.69) is 26.6 Å². The third-order valence-electron chi connectivity index (χ3n) is 3.59. The van der Waals surface area contributed by atoms with E-state index in [-0.39, 0.29) is 24.4 Å². The second kappa shape index (κ2) is 9.22. The van der Waals surface area contributed by atoms with Gasteiger partial charge in [0.15, 0.2) is 0 Å². The largest absolute Gasteiger partial charge is 0.494 e. The van der Waals surface area contributed by atoms with Gasteiger partial charge < -0.3 is 15.4 Å². The van der Waals surface area contributed by atoms with Gasteiger partial charge in [-0.3, -0.25) is 9.59 Å². The molecule has 0 aliphatic rings. The van der Waals surface area contributed by atoms with Crippen molar-refractivity contribution in [2.24, 2.45) is 0 Å². The van der Waals surface area contributed by atoms with E-state index in [0.29, 0.717) is 17.9 Å². The molecule has 5 nitrogen and oxygen atoms in total. The summed E-state index contributed by atoms with van der Waals surface area (Å²) in [6.45, 7) is 4.28. The molecule has 6 heteroatoms. The Morgan fingerprint density at radius 2 is 1.80 bits per heavy atom. The number of hydrogen-bond donors (Lipinski definition) is 2. The normalized spacial score (nSPS) is 11.5. The molecule has 0 aliphatic carbocycles. The lowest BCUT2D eigenvalue weighted by Crippen LogP contribution is -2.38. The Labute approximate surface area is 155 Å². The zero-order valence-corrected chi connectivity index (χ0v) is 15.8. The molecular weight excluding hydrogens is 384 g/mol. The molecule has 0 radical (unpaired) electrons. The number of carbonyl (C=O) groups excluding carboxylic acids is 2. The Morgan fingerprint density at radius 3 is 2.44 bits per heavy atom. The minimum atomic E-state index is -0.299. The molecule has 1 unspecified atom stereocenters. The highest BCUT2D eigenvalue weighted by Gasteiger charge is 2.13. The molecule has 0 saturated carbocycles. The standard InChI is InChI=1S/C19H21BrN2O3/c1-3-25-15-10-8-14(9-11-15)19(24)21-12-18(23)22-13(2)16-6-4-5-7-17(16)20/h4-11,13H,3,12H2,1-2H3,(H,21,24)(H,22,23). The first-order valence-corrected chi connectivity index (χ1v) is 8.85. The molecule has 0 fully saturated rings. The van der Waals surface area contributed by atoms with E-state index in [4.69, 9.17) is 4.74 Å². The number of ether oxygens (including phenoxy) is 1. The molecule has 0 spiro atoms. The van der Waals surface area contributed by atoms with Gasteiger partial charge in [-0.15, -0.1) is 0 Å².